The second-order valence-electron chi connectivity index (χ2n) is 5.93. The van der Waals surface area contributed by atoms with Gasteiger partial charge in [0, 0.05) is 11.5 Å². The molecule has 0 bridgehead atoms. The highest BCUT2D eigenvalue weighted by atomic mass is 14.7. The molecular weight excluding hydrogens is 182 g/mol. The second-order valence-corrected chi connectivity index (χ2v) is 5.93. The van der Waals surface area contributed by atoms with Crippen molar-refractivity contribution in [3.8, 4) is 0 Å². The van der Waals surface area contributed by atoms with Gasteiger partial charge in [0.2, 0.25) is 0 Å². The van der Waals surface area contributed by atoms with Crippen LogP contribution < -0.4 is 5.73 Å². The van der Waals surface area contributed by atoms with E-state index in [0.29, 0.717) is 0 Å². The number of nitrogens with two attached hydrogens (primary N) is 1. The van der Waals surface area contributed by atoms with Crippen LogP contribution in [0.5, 0.6) is 0 Å². The average Bonchev–Trinajstić information content (AvgIpc) is 2.16. The number of rotatable bonds is 2. The first-order valence-corrected chi connectivity index (χ1v) is 5.57. The lowest BCUT2D eigenvalue weighted by Crippen LogP contribution is -2.49. The molecule has 0 saturated heterocycles. The first-order chi connectivity index (χ1) is 6.76. The van der Waals surface area contributed by atoms with E-state index in [1.807, 2.05) is 6.07 Å². The summed E-state index contributed by atoms with van der Waals surface area (Å²) in [6.45, 7) is 11.0. The molecule has 0 aliphatic carbocycles. The van der Waals surface area contributed by atoms with Crippen LogP contribution in [-0.2, 0) is 5.41 Å². The average molecular weight is 205 g/mol. The van der Waals surface area contributed by atoms with Crippen molar-refractivity contribution < 1.29 is 0 Å². The van der Waals surface area contributed by atoms with Gasteiger partial charge in [-0.25, -0.2) is 0 Å². The Morgan fingerprint density at radius 2 is 1.40 bits per heavy atom. The Kier molecular flexibility index (Phi) is 3.25. The SMILES string of the molecule is CC(C)(C)C(N)C(C)(C)c1ccccc1. The third-order valence-corrected chi connectivity index (χ3v) is 3.23. The Bertz CT molecular complexity index is 306. The van der Waals surface area contributed by atoms with E-state index >= 15 is 0 Å². The third-order valence-electron chi connectivity index (χ3n) is 3.23. The van der Waals surface area contributed by atoms with E-state index in [4.69, 9.17) is 5.73 Å². The van der Waals surface area contributed by atoms with Crippen molar-refractivity contribution in [1.82, 2.24) is 0 Å². The van der Waals surface area contributed by atoms with Crippen LogP contribution >= 0.6 is 0 Å². The van der Waals surface area contributed by atoms with Crippen molar-refractivity contribution in [3.05, 3.63) is 35.9 Å². The quantitative estimate of drug-likeness (QED) is 0.787. The van der Waals surface area contributed by atoms with E-state index in [-0.39, 0.29) is 16.9 Å². The van der Waals surface area contributed by atoms with Gasteiger partial charge in [-0.05, 0) is 11.0 Å². The predicted molar refractivity (Wildman–Crippen MR) is 66.9 cm³/mol. The molecule has 0 fully saturated rings. The minimum Gasteiger partial charge on any atom is -0.326 e. The Morgan fingerprint density at radius 3 is 1.80 bits per heavy atom. The molecule has 1 unspecified atom stereocenters. The van der Waals surface area contributed by atoms with Crippen molar-refractivity contribution in [2.45, 2.75) is 46.1 Å². The van der Waals surface area contributed by atoms with Crippen LogP contribution in [-0.4, -0.2) is 6.04 Å². The van der Waals surface area contributed by atoms with Crippen LogP contribution in [0.1, 0.15) is 40.2 Å². The molecule has 1 rings (SSSR count). The van der Waals surface area contributed by atoms with Gasteiger partial charge >= 0.3 is 0 Å². The molecule has 0 amide bonds. The minimum absolute atomic E-state index is 0.0134. The van der Waals surface area contributed by atoms with Gasteiger partial charge in [0.15, 0.2) is 0 Å². The highest BCUT2D eigenvalue weighted by Crippen LogP contribution is 2.34. The maximum atomic E-state index is 6.36. The molecule has 0 heterocycles. The second kappa shape index (κ2) is 3.97. The summed E-state index contributed by atoms with van der Waals surface area (Å²) < 4.78 is 0. The van der Waals surface area contributed by atoms with Crippen LogP contribution in [0, 0.1) is 5.41 Å². The fraction of sp³-hybridized carbons (Fsp3) is 0.571. The highest BCUT2D eigenvalue weighted by Gasteiger charge is 2.36. The van der Waals surface area contributed by atoms with Crippen molar-refractivity contribution >= 4 is 0 Å². The molecule has 1 atom stereocenters. The molecule has 1 aromatic carbocycles. The van der Waals surface area contributed by atoms with E-state index in [9.17, 15) is 0 Å². The van der Waals surface area contributed by atoms with Crippen molar-refractivity contribution in [2.24, 2.45) is 11.1 Å². The van der Waals surface area contributed by atoms with E-state index in [1.165, 1.54) is 5.56 Å². The maximum absolute atomic E-state index is 6.36. The summed E-state index contributed by atoms with van der Waals surface area (Å²) in [6.07, 6.45) is 0. The summed E-state index contributed by atoms with van der Waals surface area (Å²) in [5, 5.41) is 0. The van der Waals surface area contributed by atoms with Crippen molar-refractivity contribution in [1.29, 1.82) is 0 Å². The molecule has 15 heavy (non-hydrogen) atoms. The molecule has 1 aromatic rings. The smallest absolute Gasteiger partial charge is 0.0180 e. The van der Waals surface area contributed by atoms with E-state index < -0.39 is 0 Å². The van der Waals surface area contributed by atoms with Gasteiger partial charge in [-0.1, -0.05) is 65.0 Å². The summed E-state index contributed by atoms with van der Waals surface area (Å²) in [5.74, 6) is 0. The summed E-state index contributed by atoms with van der Waals surface area (Å²) in [7, 11) is 0. The zero-order valence-electron chi connectivity index (χ0n) is 10.5. The molecule has 0 saturated carbocycles. The van der Waals surface area contributed by atoms with Gasteiger partial charge in [-0.2, -0.15) is 0 Å². The molecule has 2 N–H and O–H groups in total. The molecule has 0 aromatic heterocycles. The first-order valence-electron chi connectivity index (χ1n) is 5.57. The normalized spacial score (nSPS) is 15.1. The Hall–Kier alpha value is -0.820. The van der Waals surface area contributed by atoms with Crippen LogP contribution in [0.15, 0.2) is 30.3 Å². The van der Waals surface area contributed by atoms with Gasteiger partial charge < -0.3 is 5.73 Å². The van der Waals surface area contributed by atoms with Crippen LogP contribution in [0.25, 0.3) is 0 Å². The predicted octanol–water partition coefficient (Wildman–Crippen LogP) is 3.34. The summed E-state index contributed by atoms with van der Waals surface area (Å²) in [5.41, 5.74) is 7.81. The topological polar surface area (TPSA) is 26.0 Å². The molecule has 1 heteroatoms. The number of hydrogen-bond donors (Lipinski definition) is 1. The summed E-state index contributed by atoms with van der Waals surface area (Å²) in [4.78, 5) is 0. The molecule has 0 aliphatic rings. The lowest BCUT2D eigenvalue weighted by molar-refractivity contribution is 0.226. The third kappa shape index (κ3) is 2.60. The van der Waals surface area contributed by atoms with Crippen molar-refractivity contribution in [2.75, 3.05) is 0 Å². The van der Waals surface area contributed by atoms with Gasteiger partial charge in [0.1, 0.15) is 0 Å². The van der Waals surface area contributed by atoms with E-state index in [1.54, 1.807) is 0 Å². The molecule has 0 aliphatic heterocycles. The van der Waals surface area contributed by atoms with Gasteiger partial charge in [0.25, 0.3) is 0 Å². The molecule has 84 valence electrons. The van der Waals surface area contributed by atoms with Crippen LogP contribution in [0.2, 0.25) is 0 Å². The Labute approximate surface area is 93.7 Å². The van der Waals surface area contributed by atoms with E-state index in [2.05, 4.69) is 58.9 Å². The van der Waals surface area contributed by atoms with Crippen LogP contribution in [0.4, 0.5) is 0 Å². The summed E-state index contributed by atoms with van der Waals surface area (Å²) >= 11 is 0. The first kappa shape index (κ1) is 12.3. The lowest BCUT2D eigenvalue weighted by Gasteiger charge is -2.40. The Balaban J connectivity index is 3.03. The molecule has 1 nitrogen and oxygen atoms in total. The number of benzene rings is 1. The Morgan fingerprint density at radius 1 is 0.933 bits per heavy atom. The van der Waals surface area contributed by atoms with Gasteiger partial charge in [-0.3, -0.25) is 0 Å². The van der Waals surface area contributed by atoms with Crippen LogP contribution in [0.3, 0.4) is 0 Å². The minimum atomic E-state index is 0.0134. The molecular formula is C14H23N. The highest BCUT2D eigenvalue weighted by molar-refractivity contribution is 5.26. The van der Waals surface area contributed by atoms with Gasteiger partial charge in [0.05, 0.1) is 0 Å². The van der Waals surface area contributed by atoms with Gasteiger partial charge in [-0.15, -0.1) is 0 Å². The molecule has 0 radical (unpaired) electrons. The lowest BCUT2D eigenvalue weighted by atomic mass is 9.68. The monoisotopic (exact) mass is 205 g/mol. The molecule has 0 spiro atoms. The zero-order chi connectivity index (χ0) is 11.7. The standard InChI is InChI=1S/C14H23N/c1-13(2,3)12(15)14(4,5)11-9-7-6-8-10-11/h6-10,12H,15H2,1-5H3. The number of hydrogen-bond acceptors (Lipinski definition) is 1. The summed E-state index contributed by atoms with van der Waals surface area (Å²) in [6, 6.07) is 10.7. The van der Waals surface area contributed by atoms with E-state index in [0.717, 1.165) is 0 Å². The van der Waals surface area contributed by atoms with Crippen molar-refractivity contribution in [3.63, 3.8) is 0 Å². The largest absolute Gasteiger partial charge is 0.326 e. The zero-order valence-corrected chi connectivity index (χ0v) is 10.5. The fourth-order valence-electron chi connectivity index (χ4n) is 2.13. The fourth-order valence-corrected chi connectivity index (χ4v) is 2.13. The maximum Gasteiger partial charge on any atom is 0.0180 e.